The number of nitrogens with zero attached hydrogens (tertiary/aromatic N) is 1. The Kier molecular flexibility index (Phi) is 4.46. The molecule has 21 heavy (non-hydrogen) atoms. The number of hydrogen-bond acceptors (Lipinski definition) is 2. The number of halogens is 5. The number of rotatable bonds is 1. The van der Waals surface area contributed by atoms with Crippen molar-refractivity contribution < 1.29 is 22.4 Å². The topological polar surface area (TPSA) is 46.3 Å². The normalized spacial score (nSPS) is 19.7. The van der Waals surface area contributed by atoms with Gasteiger partial charge in [-0.25, -0.2) is 4.39 Å². The molecule has 116 valence electrons. The van der Waals surface area contributed by atoms with Crippen molar-refractivity contribution in [3.63, 3.8) is 0 Å². The van der Waals surface area contributed by atoms with E-state index in [9.17, 15) is 22.4 Å². The maximum atomic E-state index is 13.3. The van der Waals surface area contributed by atoms with Gasteiger partial charge in [-0.3, -0.25) is 4.79 Å². The van der Waals surface area contributed by atoms with Crippen LogP contribution in [-0.4, -0.2) is 30.1 Å². The SMILES string of the molecule is Nc1cc(C(=O)N2CCCC(C(F)(F)F)C2)c(Br)cc1F. The van der Waals surface area contributed by atoms with Crippen molar-refractivity contribution in [1.82, 2.24) is 4.90 Å². The Morgan fingerprint density at radius 3 is 2.67 bits per heavy atom. The second kappa shape index (κ2) is 5.82. The molecule has 1 unspecified atom stereocenters. The van der Waals surface area contributed by atoms with Crippen LogP contribution >= 0.6 is 15.9 Å². The van der Waals surface area contributed by atoms with Gasteiger partial charge in [0.05, 0.1) is 17.2 Å². The molecule has 0 saturated carbocycles. The number of carbonyl (C=O) groups is 1. The molecular weight excluding hydrogens is 356 g/mol. The Morgan fingerprint density at radius 1 is 1.38 bits per heavy atom. The molecule has 1 heterocycles. The number of piperidine rings is 1. The maximum Gasteiger partial charge on any atom is 0.393 e. The fourth-order valence-electron chi connectivity index (χ4n) is 2.33. The lowest BCUT2D eigenvalue weighted by molar-refractivity contribution is -0.184. The van der Waals surface area contributed by atoms with E-state index in [0.29, 0.717) is 0 Å². The van der Waals surface area contributed by atoms with Crippen molar-refractivity contribution in [3.8, 4) is 0 Å². The van der Waals surface area contributed by atoms with Gasteiger partial charge in [0.1, 0.15) is 5.82 Å². The molecule has 1 aliphatic rings. The van der Waals surface area contributed by atoms with E-state index >= 15 is 0 Å². The van der Waals surface area contributed by atoms with E-state index in [1.165, 1.54) is 0 Å². The molecule has 2 rings (SSSR count). The van der Waals surface area contributed by atoms with Gasteiger partial charge in [0, 0.05) is 17.6 Å². The van der Waals surface area contributed by atoms with Gasteiger partial charge in [0.2, 0.25) is 0 Å². The van der Waals surface area contributed by atoms with Crippen molar-refractivity contribution in [2.75, 3.05) is 18.8 Å². The summed E-state index contributed by atoms with van der Waals surface area (Å²) in [6.07, 6.45) is -4.03. The minimum atomic E-state index is -4.32. The lowest BCUT2D eigenvalue weighted by Gasteiger charge is -2.34. The molecular formula is C13H13BrF4N2O. The van der Waals surface area contributed by atoms with Crippen LogP contribution in [0.1, 0.15) is 23.2 Å². The van der Waals surface area contributed by atoms with Crippen LogP contribution in [0.15, 0.2) is 16.6 Å². The van der Waals surface area contributed by atoms with E-state index in [1.54, 1.807) is 0 Å². The predicted octanol–water partition coefficient (Wildman–Crippen LogP) is 3.58. The summed E-state index contributed by atoms with van der Waals surface area (Å²) in [7, 11) is 0. The van der Waals surface area contributed by atoms with Gasteiger partial charge in [-0.1, -0.05) is 0 Å². The first-order valence-corrected chi connectivity index (χ1v) is 7.10. The van der Waals surface area contributed by atoms with Gasteiger partial charge >= 0.3 is 6.18 Å². The summed E-state index contributed by atoms with van der Waals surface area (Å²) in [6.45, 7) is -0.138. The van der Waals surface area contributed by atoms with E-state index < -0.39 is 23.8 Å². The highest BCUT2D eigenvalue weighted by Crippen LogP contribution is 2.34. The smallest absolute Gasteiger partial charge is 0.393 e. The van der Waals surface area contributed by atoms with Crippen LogP contribution in [0.4, 0.5) is 23.2 Å². The number of likely N-dealkylation sites (tertiary alicyclic amines) is 1. The maximum absolute atomic E-state index is 13.3. The summed E-state index contributed by atoms with van der Waals surface area (Å²) in [5.74, 6) is -2.79. The second-order valence-electron chi connectivity index (χ2n) is 4.99. The van der Waals surface area contributed by atoms with Gasteiger partial charge in [-0.2, -0.15) is 13.2 Å². The number of amides is 1. The average Bonchev–Trinajstić information content (AvgIpc) is 2.41. The van der Waals surface area contributed by atoms with Crippen molar-refractivity contribution in [2.24, 2.45) is 5.92 Å². The van der Waals surface area contributed by atoms with Crippen LogP contribution in [0.2, 0.25) is 0 Å². The highest BCUT2D eigenvalue weighted by atomic mass is 79.9. The molecule has 1 aliphatic heterocycles. The molecule has 1 fully saturated rings. The van der Waals surface area contributed by atoms with Gasteiger partial charge in [-0.15, -0.1) is 0 Å². The van der Waals surface area contributed by atoms with Gasteiger partial charge in [-0.05, 0) is 40.9 Å². The Balaban J connectivity index is 2.22. The van der Waals surface area contributed by atoms with Crippen LogP contribution in [0, 0.1) is 11.7 Å². The first-order chi connectivity index (χ1) is 9.70. The molecule has 3 nitrogen and oxygen atoms in total. The fraction of sp³-hybridized carbons (Fsp3) is 0.462. The number of nitrogen functional groups attached to an aromatic ring is 1. The van der Waals surface area contributed by atoms with Crippen molar-refractivity contribution in [2.45, 2.75) is 19.0 Å². The first kappa shape index (κ1) is 16.1. The monoisotopic (exact) mass is 368 g/mol. The van der Waals surface area contributed by atoms with Gasteiger partial charge in [0.15, 0.2) is 0 Å². The molecule has 0 aliphatic carbocycles. The summed E-state index contributed by atoms with van der Waals surface area (Å²) in [4.78, 5) is 13.4. The van der Waals surface area contributed by atoms with E-state index in [-0.39, 0.29) is 41.7 Å². The third kappa shape index (κ3) is 3.48. The first-order valence-electron chi connectivity index (χ1n) is 6.30. The standard InChI is InChI=1S/C13H13BrF4N2O/c14-9-5-10(15)11(19)4-8(9)12(21)20-3-1-2-7(6-20)13(16,17)18/h4-5,7H,1-3,6,19H2. The van der Waals surface area contributed by atoms with Crippen molar-refractivity contribution in [3.05, 3.63) is 28.0 Å². The summed E-state index contributed by atoms with van der Waals surface area (Å²) >= 11 is 3.04. The Morgan fingerprint density at radius 2 is 2.05 bits per heavy atom. The molecule has 8 heteroatoms. The summed E-state index contributed by atoms with van der Waals surface area (Å²) < 4.78 is 51.7. The number of anilines is 1. The Labute approximate surface area is 127 Å². The molecule has 1 aromatic carbocycles. The highest BCUT2D eigenvalue weighted by molar-refractivity contribution is 9.10. The number of alkyl halides is 3. The highest BCUT2D eigenvalue weighted by Gasteiger charge is 2.42. The summed E-state index contributed by atoms with van der Waals surface area (Å²) in [6, 6.07) is 2.17. The lowest BCUT2D eigenvalue weighted by atomic mass is 9.97. The average molecular weight is 369 g/mol. The Bertz CT molecular complexity index is 562. The van der Waals surface area contributed by atoms with E-state index in [0.717, 1.165) is 17.0 Å². The van der Waals surface area contributed by atoms with Crippen molar-refractivity contribution >= 4 is 27.5 Å². The quantitative estimate of drug-likeness (QED) is 0.608. The fourth-order valence-corrected chi connectivity index (χ4v) is 2.81. The zero-order chi connectivity index (χ0) is 15.8. The number of benzene rings is 1. The van der Waals surface area contributed by atoms with Crippen LogP contribution in [-0.2, 0) is 0 Å². The van der Waals surface area contributed by atoms with Crippen LogP contribution in [0.5, 0.6) is 0 Å². The molecule has 1 amide bonds. The third-order valence-corrected chi connectivity index (χ3v) is 4.14. The van der Waals surface area contributed by atoms with Crippen LogP contribution < -0.4 is 5.73 Å². The molecule has 0 radical (unpaired) electrons. The summed E-state index contributed by atoms with van der Waals surface area (Å²) in [5.41, 5.74) is 5.26. The zero-order valence-corrected chi connectivity index (χ0v) is 12.5. The molecule has 0 aromatic heterocycles. The molecule has 0 spiro atoms. The minimum absolute atomic E-state index is 0.0139. The molecule has 2 N–H and O–H groups in total. The predicted molar refractivity (Wildman–Crippen MR) is 73.2 cm³/mol. The zero-order valence-electron chi connectivity index (χ0n) is 10.9. The lowest BCUT2D eigenvalue weighted by Crippen LogP contribution is -2.44. The largest absolute Gasteiger partial charge is 0.396 e. The molecule has 1 aromatic rings. The van der Waals surface area contributed by atoms with E-state index in [4.69, 9.17) is 5.73 Å². The second-order valence-corrected chi connectivity index (χ2v) is 5.84. The number of nitrogens with two attached hydrogens (primary N) is 1. The molecule has 1 saturated heterocycles. The van der Waals surface area contributed by atoms with Crippen LogP contribution in [0.3, 0.4) is 0 Å². The molecule has 1 atom stereocenters. The number of carbonyl (C=O) groups excluding carboxylic acids is 1. The Hall–Kier alpha value is -1.31. The van der Waals surface area contributed by atoms with Gasteiger partial charge < -0.3 is 10.6 Å². The number of hydrogen-bond donors (Lipinski definition) is 1. The van der Waals surface area contributed by atoms with E-state index in [1.807, 2.05) is 0 Å². The minimum Gasteiger partial charge on any atom is -0.396 e. The van der Waals surface area contributed by atoms with Gasteiger partial charge in [0.25, 0.3) is 5.91 Å². The van der Waals surface area contributed by atoms with Crippen molar-refractivity contribution in [1.29, 1.82) is 0 Å². The molecule has 0 bridgehead atoms. The van der Waals surface area contributed by atoms with E-state index in [2.05, 4.69) is 15.9 Å². The third-order valence-electron chi connectivity index (χ3n) is 3.49. The summed E-state index contributed by atoms with van der Waals surface area (Å²) in [5, 5.41) is 0. The van der Waals surface area contributed by atoms with Crippen LogP contribution in [0.25, 0.3) is 0 Å².